The summed E-state index contributed by atoms with van der Waals surface area (Å²) in [7, 11) is -1.99. The number of nitrogens with one attached hydrogen (secondary N) is 2. The normalized spacial score (nSPS) is 11.5. The number of sulfonamides is 1. The van der Waals surface area contributed by atoms with Gasteiger partial charge in [0.15, 0.2) is 0 Å². The molecule has 0 aliphatic rings. The van der Waals surface area contributed by atoms with E-state index >= 15 is 0 Å². The molecule has 1 heterocycles. The number of nitrogens with zero attached hydrogens (tertiary/aromatic N) is 2. The van der Waals surface area contributed by atoms with E-state index in [2.05, 4.69) is 10.0 Å². The average molecular weight is 443 g/mol. The first-order valence-electron chi connectivity index (χ1n) is 9.82. The highest BCUT2D eigenvalue weighted by molar-refractivity contribution is 7.89. The van der Waals surface area contributed by atoms with Crippen LogP contribution in [-0.4, -0.2) is 30.2 Å². The maximum atomic E-state index is 12.8. The maximum Gasteiger partial charge on any atom is 0.295 e. The van der Waals surface area contributed by atoms with Crippen LogP contribution in [0.4, 0.5) is 5.69 Å². The molecule has 164 valence electrons. The number of anilines is 1. The van der Waals surface area contributed by atoms with Crippen molar-refractivity contribution in [3.8, 4) is 5.69 Å². The molecule has 2 aromatic carbocycles. The minimum Gasteiger partial charge on any atom is -0.320 e. The predicted molar refractivity (Wildman–Crippen MR) is 120 cm³/mol. The fourth-order valence-electron chi connectivity index (χ4n) is 3.18. The van der Waals surface area contributed by atoms with E-state index in [4.69, 9.17) is 0 Å². The van der Waals surface area contributed by atoms with Gasteiger partial charge in [-0.3, -0.25) is 14.3 Å². The predicted octanol–water partition coefficient (Wildman–Crippen LogP) is 2.41. The minimum atomic E-state index is -3.72. The largest absolute Gasteiger partial charge is 0.320 e. The van der Waals surface area contributed by atoms with Gasteiger partial charge in [0.25, 0.3) is 5.56 Å². The summed E-state index contributed by atoms with van der Waals surface area (Å²) in [5, 5.41) is 2.62. The first kappa shape index (κ1) is 22.5. The van der Waals surface area contributed by atoms with Gasteiger partial charge in [-0.25, -0.2) is 17.8 Å². The smallest absolute Gasteiger partial charge is 0.295 e. The van der Waals surface area contributed by atoms with Crippen LogP contribution in [0.2, 0.25) is 0 Å². The highest BCUT2D eigenvalue weighted by atomic mass is 32.2. The Morgan fingerprint density at radius 2 is 1.68 bits per heavy atom. The second-order valence-corrected chi connectivity index (χ2v) is 9.15. The summed E-state index contributed by atoms with van der Waals surface area (Å²) in [4.78, 5) is 25.4. The van der Waals surface area contributed by atoms with E-state index in [1.165, 1.54) is 10.7 Å². The van der Waals surface area contributed by atoms with Crippen molar-refractivity contribution in [1.29, 1.82) is 0 Å². The van der Waals surface area contributed by atoms with Crippen molar-refractivity contribution in [3.05, 3.63) is 75.7 Å². The number of rotatable bonds is 7. The number of aromatic nitrogens is 2. The van der Waals surface area contributed by atoms with Crippen LogP contribution in [0.5, 0.6) is 0 Å². The second-order valence-electron chi connectivity index (χ2n) is 7.38. The molecule has 9 heteroatoms. The molecule has 0 bridgehead atoms. The van der Waals surface area contributed by atoms with Gasteiger partial charge in [0.05, 0.1) is 16.3 Å². The van der Waals surface area contributed by atoms with E-state index < -0.39 is 15.9 Å². The SMILES string of the molecule is Cc1ccc(S(=O)(=O)NCCC(=O)Nc2c(C)n(C)n(-c3ccccc3)c2=O)cc1C. The van der Waals surface area contributed by atoms with Crippen LogP contribution in [-0.2, 0) is 21.9 Å². The van der Waals surface area contributed by atoms with Gasteiger partial charge in [-0.2, -0.15) is 0 Å². The molecule has 0 saturated carbocycles. The number of hydrogen-bond donors (Lipinski definition) is 2. The molecule has 0 aliphatic carbocycles. The molecule has 0 radical (unpaired) electrons. The molecule has 0 fully saturated rings. The van der Waals surface area contributed by atoms with E-state index in [1.807, 2.05) is 32.0 Å². The van der Waals surface area contributed by atoms with Crippen molar-refractivity contribution >= 4 is 21.6 Å². The molecule has 0 unspecified atom stereocenters. The topological polar surface area (TPSA) is 102 Å². The van der Waals surface area contributed by atoms with Crippen molar-refractivity contribution in [2.45, 2.75) is 32.1 Å². The Kier molecular flexibility index (Phi) is 6.47. The third-order valence-corrected chi connectivity index (χ3v) is 6.71. The van der Waals surface area contributed by atoms with E-state index in [0.29, 0.717) is 11.4 Å². The lowest BCUT2D eigenvalue weighted by atomic mass is 10.1. The van der Waals surface area contributed by atoms with E-state index in [-0.39, 0.29) is 29.1 Å². The molecule has 31 heavy (non-hydrogen) atoms. The molecule has 3 rings (SSSR count). The Labute approximate surface area is 181 Å². The number of amides is 1. The molecule has 0 atom stereocenters. The Morgan fingerprint density at radius 1 is 1.00 bits per heavy atom. The van der Waals surface area contributed by atoms with Crippen LogP contribution in [0.25, 0.3) is 5.69 Å². The zero-order chi connectivity index (χ0) is 22.8. The van der Waals surface area contributed by atoms with Crippen molar-refractivity contribution in [1.82, 2.24) is 14.1 Å². The van der Waals surface area contributed by atoms with Gasteiger partial charge < -0.3 is 5.32 Å². The number of benzene rings is 2. The van der Waals surface area contributed by atoms with Gasteiger partial charge in [0.1, 0.15) is 5.69 Å². The Balaban J connectivity index is 1.68. The lowest BCUT2D eigenvalue weighted by Crippen LogP contribution is -2.29. The van der Waals surface area contributed by atoms with E-state index in [9.17, 15) is 18.0 Å². The van der Waals surface area contributed by atoms with Crippen LogP contribution >= 0.6 is 0 Å². The maximum absolute atomic E-state index is 12.8. The summed E-state index contributed by atoms with van der Waals surface area (Å²) < 4.78 is 30.5. The molecule has 0 aliphatic heterocycles. The average Bonchev–Trinajstić information content (AvgIpc) is 2.93. The summed E-state index contributed by atoms with van der Waals surface area (Å²) in [6.45, 7) is 5.39. The molecule has 2 N–H and O–H groups in total. The zero-order valence-corrected chi connectivity index (χ0v) is 18.8. The fraction of sp³-hybridized carbons (Fsp3) is 0.273. The second kappa shape index (κ2) is 8.91. The van der Waals surface area contributed by atoms with Gasteiger partial charge in [-0.15, -0.1) is 0 Å². The summed E-state index contributed by atoms with van der Waals surface area (Å²) >= 11 is 0. The van der Waals surface area contributed by atoms with Crippen molar-refractivity contribution in [3.63, 3.8) is 0 Å². The van der Waals surface area contributed by atoms with E-state index in [1.54, 1.807) is 42.9 Å². The van der Waals surface area contributed by atoms with Crippen LogP contribution in [0.15, 0.2) is 58.2 Å². The molecular weight excluding hydrogens is 416 g/mol. The van der Waals surface area contributed by atoms with Gasteiger partial charge in [-0.05, 0) is 56.2 Å². The molecule has 0 spiro atoms. The fourth-order valence-corrected chi connectivity index (χ4v) is 4.29. The minimum absolute atomic E-state index is 0.0835. The Hall–Kier alpha value is -3.17. The number of hydrogen-bond acceptors (Lipinski definition) is 4. The molecular formula is C22H26N4O4S. The molecule has 1 amide bonds. The van der Waals surface area contributed by atoms with Crippen LogP contribution < -0.4 is 15.6 Å². The number of para-hydroxylation sites is 1. The molecule has 1 aromatic heterocycles. The van der Waals surface area contributed by atoms with Gasteiger partial charge in [-0.1, -0.05) is 24.3 Å². The zero-order valence-electron chi connectivity index (χ0n) is 18.0. The van der Waals surface area contributed by atoms with Gasteiger partial charge in [0, 0.05) is 20.0 Å². The van der Waals surface area contributed by atoms with Gasteiger partial charge in [0.2, 0.25) is 15.9 Å². The third kappa shape index (κ3) is 4.78. The third-order valence-electron chi connectivity index (χ3n) is 5.25. The van der Waals surface area contributed by atoms with Crippen molar-refractivity contribution in [2.24, 2.45) is 7.05 Å². The standard InChI is InChI=1S/C22H26N4O4S/c1-15-10-11-19(14-16(15)2)31(29,30)23-13-12-20(27)24-21-17(3)25(4)26(22(21)28)18-8-6-5-7-9-18/h5-11,14,23H,12-13H2,1-4H3,(H,24,27). The highest BCUT2D eigenvalue weighted by Gasteiger charge is 2.19. The molecule has 0 saturated heterocycles. The summed E-state index contributed by atoms with van der Waals surface area (Å²) in [6.07, 6.45) is -0.108. The lowest BCUT2D eigenvalue weighted by Gasteiger charge is -2.09. The summed E-state index contributed by atoms with van der Waals surface area (Å²) in [6, 6.07) is 14.0. The van der Waals surface area contributed by atoms with Crippen molar-refractivity contribution in [2.75, 3.05) is 11.9 Å². The van der Waals surface area contributed by atoms with Gasteiger partial charge >= 0.3 is 0 Å². The first-order valence-corrected chi connectivity index (χ1v) is 11.3. The summed E-state index contributed by atoms with van der Waals surface area (Å²) in [5.41, 5.74) is 2.97. The first-order chi connectivity index (χ1) is 14.6. The van der Waals surface area contributed by atoms with Crippen molar-refractivity contribution < 1.29 is 13.2 Å². The Bertz CT molecular complexity index is 1270. The van der Waals surface area contributed by atoms with Crippen LogP contribution in [0.3, 0.4) is 0 Å². The van der Waals surface area contributed by atoms with E-state index in [0.717, 1.165) is 11.1 Å². The number of carbonyl (C=O) groups excluding carboxylic acids is 1. The quantitative estimate of drug-likeness (QED) is 0.587. The molecule has 8 nitrogen and oxygen atoms in total. The number of carbonyl (C=O) groups is 1. The van der Waals surface area contributed by atoms with Crippen LogP contribution in [0.1, 0.15) is 23.2 Å². The lowest BCUT2D eigenvalue weighted by molar-refractivity contribution is -0.116. The molecule has 3 aromatic rings. The number of aryl methyl sites for hydroxylation is 2. The Morgan fingerprint density at radius 3 is 2.32 bits per heavy atom. The summed E-state index contributed by atoms with van der Waals surface area (Å²) in [5.74, 6) is -0.450. The van der Waals surface area contributed by atoms with Crippen LogP contribution in [0, 0.1) is 20.8 Å². The highest BCUT2D eigenvalue weighted by Crippen LogP contribution is 2.15. The monoisotopic (exact) mass is 442 g/mol.